The lowest BCUT2D eigenvalue weighted by Gasteiger charge is -2.34. The van der Waals surface area contributed by atoms with Gasteiger partial charge >= 0.3 is 0 Å². The quantitative estimate of drug-likeness (QED) is 0.857. The van der Waals surface area contributed by atoms with Gasteiger partial charge in [0.25, 0.3) is 0 Å². The summed E-state index contributed by atoms with van der Waals surface area (Å²) in [5, 5.41) is 10.00. The minimum Gasteiger partial charge on any atom is -0.486 e. The third-order valence-electron chi connectivity index (χ3n) is 3.46. The van der Waals surface area contributed by atoms with Crippen LogP contribution in [-0.4, -0.2) is 30.8 Å². The molecule has 1 aromatic carbocycles. The normalized spacial score (nSPS) is 22.1. The van der Waals surface area contributed by atoms with E-state index < -0.39 is 6.10 Å². The highest BCUT2D eigenvalue weighted by Crippen LogP contribution is 2.35. The molecule has 4 nitrogen and oxygen atoms in total. The van der Waals surface area contributed by atoms with Crippen LogP contribution in [0.3, 0.4) is 0 Å². The zero-order valence-corrected chi connectivity index (χ0v) is 11.3. The van der Waals surface area contributed by atoms with Crippen LogP contribution in [0.5, 0.6) is 5.75 Å². The van der Waals surface area contributed by atoms with Crippen molar-refractivity contribution in [1.82, 2.24) is 0 Å². The number of hydrogen-bond acceptors (Lipinski definition) is 4. The van der Waals surface area contributed by atoms with Crippen LogP contribution >= 0.6 is 0 Å². The summed E-state index contributed by atoms with van der Waals surface area (Å²) in [5.74, 6) is 0.885. The van der Waals surface area contributed by atoms with Crippen LogP contribution in [0, 0.1) is 0 Å². The summed E-state index contributed by atoms with van der Waals surface area (Å²) >= 11 is 0. The molecule has 3 unspecified atom stereocenters. The number of ether oxygens (including phenoxy) is 1. The lowest BCUT2D eigenvalue weighted by atomic mass is 10.0. The van der Waals surface area contributed by atoms with Gasteiger partial charge < -0.3 is 20.5 Å². The smallest absolute Gasteiger partial charge is 0.143 e. The molecule has 0 radical (unpaired) electrons. The Morgan fingerprint density at radius 3 is 2.89 bits per heavy atom. The first-order chi connectivity index (χ1) is 8.52. The summed E-state index contributed by atoms with van der Waals surface area (Å²) in [7, 11) is 2.05. The minimum atomic E-state index is -0.632. The first-order valence-corrected chi connectivity index (χ1v) is 6.48. The highest BCUT2D eigenvalue weighted by atomic mass is 16.5. The molecule has 0 bridgehead atoms. The fraction of sp³-hybridized carbons (Fsp3) is 0.571. The molecule has 1 aliphatic rings. The number of anilines is 1. The SMILES string of the molecule is CCC1CN(C)c2cc(C(O)C(C)N)ccc2O1. The largest absolute Gasteiger partial charge is 0.486 e. The monoisotopic (exact) mass is 250 g/mol. The van der Waals surface area contributed by atoms with Crippen molar-refractivity contribution in [2.45, 2.75) is 38.5 Å². The van der Waals surface area contributed by atoms with Crippen LogP contribution in [0.2, 0.25) is 0 Å². The number of likely N-dealkylation sites (N-methyl/N-ethyl adjacent to an activating group) is 1. The van der Waals surface area contributed by atoms with E-state index in [9.17, 15) is 5.11 Å². The van der Waals surface area contributed by atoms with E-state index in [0.29, 0.717) is 0 Å². The zero-order valence-electron chi connectivity index (χ0n) is 11.3. The lowest BCUT2D eigenvalue weighted by molar-refractivity contribution is 0.152. The summed E-state index contributed by atoms with van der Waals surface area (Å²) in [6.45, 7) is 4.80. The van der Waals surface area contributed by atoms with E-state index in [1.54, 1.807) is 6.92 Å². The van der Waals surface area contributed by atoms with E-state index in [0.717, 1.165) is 30.0 Å². The van der Waals surface area contributed by atoms with Crippen molar-refractivity contribution in [1.29, 1.82) is 0 Å². The van der Waals surface area contributed by atoms with Crippen molar-refractivity contribution in [3.05, 3.63) is 23.8 Å². The molecule has 0 saturated carbocycles. The Morgan fingerprint density at radius 1 is 1.56 bits per heavy atom. The number of aliphatic hydroxyl groups excluding tert-OH is 1. The van der Waals surface area contributed by atoms with Gasteiger partial charge in [0.1, 0.15) is 11.9 Å². The van der Waals surface area contributed by atoms with Crippen LogP contribution < -0.4 is 15.4 Å². The van der Waals surface area contributed by atoms with Gasteiger partial charge in [-0.2, -0.15) is 0 Å². The third kappa shape index (κ3) is 2.44. The molecule has 18 heavy (non-hydrogen) atoms. The number of benzene rings is 1. The molecule has 0 amide bonds. The van der Waals surface area contributed by atoms with E-state index in [1.165, 1.54) is 0 Å². The van der Waals surface area contributed by atoms with Crippen LogP contribution in [0.15, 0.2) is 18.2 Å². The summed E-state index contributed by atoms with van der Waals surface area (Å²) in [5.41, 5.74) is 7.59. The number of aliphatic hydroxyl groups is 1. The summed E-state index contributed by atoms with van der Waals surface area (Å²) in [6, 6.07) is 5.50. The fourth-order valence-corrected chi connectivity index (χ4v) is 2.25. The first-order valence-electron chi connectivity index (χ1n) is 6.48. The Bertz CT molecular complexity index is 420. The Hall–Kier alpha value is -1.26. The second kappa shape index (κ2) is 5.16. The summed E-state index contributed by atoms with van der Waals surface area (Å²) < 4.78 is 5.89. The van der Waals surface area contributed by atoms with Crippen molar-refractivity contribution in [2.75, 3.05) is 18.5 Å². The molecule has 3 N–H and O–H groups in total. The van der Waals surface area contributed by atoms with Crippen LogP contribution in [-0.2, 0) is 0 Å². The Balaban J connectivity index is 2.30. The molecule has 2 rings (SSSR count). The number of fused-ring (bicyclic) bond motifs is 1. The zero-order chi connectivity index (χ0) is 13.3. The van der Waals surface area contributed by atoms with Gasteiger partial charge in [0.15, 0.2) is 0 Å². The Kier molecular flexibility index (Phi) is 3.78. The van der Waals surface area contributed by atoms with Gasteiger partial charge in [-0.25, -0.2) is 0 Å². The van der Waals surface area contributed by atoms with Crippen LogP contribution in [0.4, 0.5) is 5.69 Å². The van der Waals surface area contributed by atoms with Gasteiger partial charge in [0.05, 0.1) is 18.3 Å². The molecule has 0 spiro atoms. The van der Waals surface area contributed by atoms with Crippen LogP contribution in [0.1, 0.15) is 31.9 Å². The Morgan fingerprint density at radius 2 is 2.28 bits per heavy atom. The van der Waals surface area contributed by atoms with Crippen molar-refractivity contribution >= 4 is 5.69 Å². The molecule has 3 atom stereocenters. The molecule has 0 aromatic heterocycles. The second-order valence-electron chi connectivity index (χ2n) is 5.06. The van der Waals surface area contributed by atoms with E-state index in [1.807, 2.05) is 25.2 Å². The lowest BCUT2D eigenvalue weighted by Crippen LogP contribution is -2.37. The summed E-state index contributed by atoms with van der Waals surface area (Å²) in [4.78, 5) is 2.17. The third-order valence-corrected chi connectivity index (χ3v) is 3.46. The maximum absolute atomic E-state index is 10.00. The molecule has 4 heteroatoms. The average Bonchev–Trinajstić information content (AvgIpc) is 2.37. The number of nitrogens with zero attached hydrogens (tertiary/aromatic N) is 1. The first kappa shape index (κ1) is 13.2. The fourth-order valence-electron chi connectivity index (χ4n) is 2.25. The highest BCUT2D eigenvalue weighted by Gasteiger charge is 2.23. The number of hydrogen-bond donors (Lipinski definition) is 2. The number of rotatable bonds is 3. The van der Waals surface area contributed by atoms with Crippen molar-refractivity contribution in [2.24, 2.45) is 5.73 Å². The standard InChI is InChI=1S/C14H22N2O2/c1-4-11-8-16(3)12-7-10(14(17)9(2)15)5-6-13(12)18-11/h5-7,9,11,14,17H,4,8,15H2,1-3H3. The van der Waals surface area contributed by atoms with Crippen molar-refractivity contribution in [3.8, 4) is 5.75 Å². The van der Waals surface area contributed by atoms with Gasteiger partial charge in [-0.1, -0.05) is 13.0 Å². The Labute approximate surface area is 108 Å². The second-order valence-corrected chi connectivity index (χ2v) is 5.06. The molecule has 0 fully saturated rings. The predicted molar refractivity (Wildman–Crippen MR) is 73.0 cm³/mol. The molecular weight excluding hydrogens is 228 g/mol. The van der Waals surface area contributed by atoms with Crippen LogP contribution in [0.25, 0.3) is 0 Å². The van der Waals surface area contributed by atoms with E-state index in [2.05, 4.69) is 11.8 Å². The topological polar surface area (TPSA) is 58.7 Å². The maximum atomic E-state index is 10.00. The molecule has 1 heterocycles. The van der Waals surface area contributed by atoms with Crippen molar-refractivity contribution < 1.29 is 9.84 Å². The molecule has 1 aromatic rings. The van der Waals surface area contributed by atoms with E-state index >= 15 is 0 Å². The van der Waals surface area contributed by atoms with E-state index in [4.69, 9.17) is 10.5 Å². The molecular formula is C14H22N2O2. The number of nitrogens with two attached hydrogens (primary N) is 1. The predicted octanol–water partition coefficient (Wildman–Crippen LogP) is 1.67. The van der Waals surface area contributed by atoms with Gasteiger partial charge in [0.2, 0.25) is 0 Å². The molecule has 100 valence electrons. The maximum Gasteiger partial charge on any atom is 0.143 e. The molecule has 1 aliphatic heterocycles. The van der Waals surface area contributed by atoms with Gasteiger partial charge in [-0.05, 0) is 31.0 Å². The van der Waals surface area contributed by atoms with Gasteiger partial charge in [-0.15, -0.1) is 0 Å². The average molecular weight is 250 g/mol. The minimum absolute atomic E-state index is 0.242. The van der Waals surface area contributed by atoms with Gasteiger partial charge in [0, 0.05) is 13.1 Å². The molecule has 0 aliphatic carbocycles. The van der Waals surface area contributed by atoms with E-state index in [-0.39, 0.29) is 12.1 Å². The highest BCUT2D eigenvalue weighted by molar-refractivity contribution is 5.61. The molecule has 0 saturated heterocycles. The summed E-state index contributed by atoms with van der Waals surface area (Å²) in [6.07, 6.45) is 0.605. The van der Waals surface area contributed by atoms with Crippen molar-refractivity contribution in [3.63, 3.8) is 0 Å². The van der Waals surface area contributed by atoms with Gasteiger partial charge in [-0.3, -0.25) is 0 Å².